The lowest BCUT2D eigenvalue weighted by Crippen LogP contribution is -2.58. The summed E-state index contributed by atoms with van der Waals surface area (Å²) in [5, 5.41) is 0. The number of aryl methyl sites for hydroxylation is 1. The Labute approximate surface area is 152 Å². The molecule has 0 radical (unpaired) electrons. The minimum absolute atomic E-state index is 0.132. The molecule has 1 aromatic heterocycles. The van der Waals surface area contributed by atoms with Crippen molar-refractivity contribution in [1.82, 2.24) is 9.47 Å². The molecule has 2 aromatic rings. The van der Waals surface area contributed by atoms with Gasteiger partial charge in [-0.15, -0.1) is 0 Å². The van der Waals surface area contributed by atoms with Gasteiger partial charge < -0.3 is 14.1 Å². The maximum atomic E-state index is 12.6. The van der Waals surface area contributed by atoms with Gasteiger partial charge in [0, 0.05) is 38.4 Å². The van der Waals surface area contributed by atoms with Crippen molar-refractivity contribution in [3.63, 3.8) is 0 Å². The van der Waals surface area contributed by atoms with Crippen molar-refractivity contribution in [2.75, 3.05) is 24.5 Å². The minimum atomic E-state index is -0.486. The standard InChI is InChI=1S/C19H25N3O4/c1-18(2,3)26-17(24)22-10-9-21(12-19(22)7-8-19)13-5-6-14-15(11-13)25-16(23)20(14)4/h5-6,11H,7-10,12H2,1-4H3. The summed E-state index contributed by atoms with van der Waals surface area (Å²) < 4.78 is 12.4. The van der Waals surface area contributed by atoms with Gasteiger partial charge in [0.15, 0.2) is 5.58 Å². The number of hydrogen-bond donors (Lipinski definition) is 0. The van der Waals surface area contributed by atoms with Gasteiger partial charge in [-0.05, 0) is 45.7 Å². The van der Waals surface area contributed by atoms with Gasteiger partial charge in [-0.3, -0.25) is 9.47 Å². The van der Waals surface area contributed by atoms with Crippen molar-refractivity contribution in [2.45, 2.75) is 44.8 Å². The molecule has 1 aliphatic heterocycles. The summed E-state index contributed by atoms with van der Waals surface area (Å²) in [6, 6.07) is 5.84. The van der Waals surface area contributed by atoms with Crippen LogP contribution in [0, 0.1) is 0 Å². The molecule has 0 unspecified atom stereocenters. The number of anilines is 1. The molecule has 0 N–H and O–H groups in total. The first kappa shape index (κ1) is 17.0. The molecule has 0 atom stereocenters. The van der Waals surface area contributed by atoms with E-state index in [2.05, 4.69) is 4.90 Å². The molecule has 1 spiro atoms. The number of oxazole rings is 1. The Morgan fingerprint density at radius 3 is 2.62 bits per heavy atom. The maximum Gasteiger partial charge on any atom is 0.419 e. The second-order valence-electron chi connectivity index (χ2n) is 8.36. The average Bonchev–Trinajstić information content (AvgIpc) is 3.25. The van der Waals surface area contributed by atoms with Crippen LogP contribution in [-0.2, 0) is 11.8 Å². The number of benzene rings is 1. The van der Waals surface area contributed by atoms with Crippen LogP contribution in [0.4, 0.5) is 10.5 Å². The molecule has 1 aromatic carbocycles. The van der Waals surface area contributed by atoms with Gasteiger partial charge in [-0.25, -0.2) is 9.59 Å². The first-order valence-electron chi connectivity index (χ1n) is 9.04. The predicted octanol–water partition coefficient (Wildman–Crippen LogP) is 2.72. The Morgan fingerprint density at radius 2 is 1.96 bits per heavy atom. The average molecular weight is 359 g/mol. The van der Waals surface area contributed by atoms with Crippen LogP contribution in [0.1, 0.15) is 33.6 Å². The Bertz CT molecular complexity index is 917. The number of aromatic nitrogens is 1. The molecular weight excluding hydrogens is 334 g/mol. The highest BCUT2D eigenvalue weighted by Gasteiger charge is 2.54. The van der Waals surface area contributed by atoms with Gasteiger partial charge in [0.1, 0.15) is 5.60 Å². The van der Waals surface area contributed by atoms with Gasteiger partial charge in [0.25, 0.3) is 0 Å². The van der Waals surface area contributed by atoms with Gasteiger partial charge in [0.05, 0.1) is 11.1 Å². The van der Waals surface area contributed by atoms with E-state index in [1.807, 2.05) is 43.9 Å². The van der Waals surface area contributed by atoms with Crippen LogP contribution in [0.15, 0.2) is 27.4 Å². The first-order valence-corrected chi connectivity index (χ1v) is 9.04. The van der Waals surface area contributed by atoms with Crippen molar-refractivity contribution in [1.29, 1.82) is 0 Å². The van der Waals surface area contributed by atoms with Crippen molar-refractivity contribution < 1.29 is 13.9 Å². The molecule has 2 heterocycles. The van der Waals surface area contributed by atoms with E-state index in [4.69, 9.17) is 9.15 Å². The molecule has 0 bridgehead atoms. The summed E-state index contributed by atoms with van der Waals surface area (Å²) in [4.78, 5) is 28.4. The van der Waals surface area contributed by atoms with E-state index < -0.39 is 5.60 Å². The van der Waals surface area contributed by atoms with Gasteiger partial charge in [-0.1, -0.05) is 0 Å². The molecule has 2 aliphatic rings. The van der Waals surface area contributed by atoms with E-state index in [1.165, 1.54) is 4.57 Å². The molecule has 4 rings (SSSR count). The van der Waals surface area contributed by atoms with E-state index in [0.717, 1.165) is 37.1 Å². The van der Waals surface area contributed by atoms with Crippen molar-refractivity contribution >= 4 is 22.9 Å². The number of rotatable bonds is 1. The number of carbonyl (C=O) groups excluding carboxylic acids is 1. The first-order chi connectivity index (χ1) is 12.2. The zero-order valence-electron chi connectivity index (χ0n) is 15.7. The van der Waals surface area contributed by atoms with Crippen LogP contribution in [0.5, 0.6) is 0 Å². The summed E-state index contributed by atoms with van der Waals surface area (Å²) in [7, 11) is 1.70. The molecule has 1 saturated carbocycles. The van der Waals surface area contributed by atoms with Gasteiger partial charge in [0.2, 0.25) is 0 Å². The van der Waals surface area contributed by atoms with Crippen LogP contribution >= 0.6 is 0 Å². The lowest BCUT2D eigenvalue weighted by Gasteiger charge is -2.43. The van der Waals surface area contributed by atoms with Crippen LogP contribution in [0.25, 0.3) is 11.1 Å². The minimum Gasteiger partial charge on any atom is -0.444 e. The fourth-order valence-corrected chi connectivity index (χ4v) is 3.69. The third kappa shape index (κ3) is 2.85. The van der Waals surface area contributed by atoms with Crippen LogP contribution in [-0.4, -0.2) is 46.3 Å². The van der Waals surface area contributed by atoms with Crippen molar-refractivity contribution in [2.24, 2.45) is 7.05 Å². The fourth-order valence-electron chi connectivity index (χ4n) is 3.69. The Morgan fingerprint density at radius 1 is 1.23 bits per heavy atom. The van der Waals surface area contributed by atoms with E-state index in [-0.39, 0.29) is 17.4 Å². The number of carbonyl (C=O) groups is 1. The zero-order valence-corrected chi connectivity index (χ0v) is 15.7. The normalized spacial score (nSPS) is 19.2. The molecule has 7 nitrogen and oxygen atoms in total. The molecular formula is C19H25N3O4. The lowest BCUT2D eigenvalue weighted by molar-refractivity contribution is 0.0106. The summed E-state index contributed by atoms with van der Waals surface area (Å²) in [6.07, 6.45) is 1.76. The molecule has 1 amide bonds. The lowest BCUT2D eigenvalue weighted by atomic mass is 10.1. The molecule has 26 heavy (non-hydrogen) atoms. The third-order valence-electron chi connectivity index (χ3n) is 5.23. The number of nitrogens with zero attached hydrogens (tertiary/aromatic N) is 3. The molecule has 1 aliphatic carbocycles. The Kier molecular flexibility index (Phi) is 3.61. The summed E-state index contributed by atoms with van der Waals surface area (Å²) >= 11 is 0. The van der Waals surface area contributed by atoms with E-state index >= 15 is 0 Å². The van der Waals surface area contributed by atoms with E-state index in [9.17, 15) is 9.59 Å². The summed E-state index contributed by atoms with van der Waals surface area (Å²) in [5.41, 5.74) is 1.77. The van der Waals surface area contributed by atoms with Crippen LogP contribution in [0.2, 0.25) is 0 Å². The van der Waals surface area contributed by atoms with Gasteiger partial charge >= 0.3 is 11.8 Å². The summed E-state index contributed by atoms with van der Waals surface area (Å²) in [6.45, 7) is 7.81. The predicted molar refractivity (Wildman–Crippen MR) is 98.6 cm³/mol. The SMILES string of the molecule is Cn1c(=O)oc2cc(N3CCN(C(=O)OC(C)(C)C)C4(CC4)C3)ccc21. The van der Waals surface area contributed by atoms with Gasteiger partial charge in [-0.2, -0.15) is 0 Å². The van der Waals surface area contributed by atoms with Crippen LogP contribution in [0.3, 0.4) is 0 Å². The number of fused-ring (bicyclic) bond motifs is 1. The van der Waals surface area contributed by atoms with E-state index in [0.29, 0.717) is 12.1 Å². The number of hydrogen-bond acceptors (Lipinski definition) is 5. The Hall–Kier alpha value is -2.44. The summed E-state index contributed by atoms with van der Waals surface area (Å²) in [5.74, 6) is -0.356. The molecule has 1 saturated heterocycles. The van der Waals surface area contributed by atoms with Crippen molar-refractivity contribution in [3.8, 4) is 0 Å². The number of ether oxygens (including phenoxy) is 1. The third-order valence-corrected chi connectivity index (χ3v) is 5.23. The highest BCUT2D eigenvalue weighted by molar-refractivity contribution is 5.78. The maximum absolute atomic E-state index is 12.6. The highest BCUT2D eigenvalue weighted by atomic mass is 16.6. The second kappa shape index (κ2) is 5.53. The largest absolute Gasteiger partial charge is 0.444 e. The molecule has 140 valence electrons. The fraction of sp³-hybridized carbons (Fsp3) is 0.579. The highest BCUT2D eigenvalue weighted by Crippen LogP contribution is 2.45. The second-order valence-corrected chi connectivity index (χ2v) is 8.36. The van der Waals surface area contributed by atoms with E-state index in [1.54, 1.807) is 7.05 Å². The number of amides is 1. The molecule has 2 fully saturated rings. The monoisotopic (exact) mass is 359 g/mol. The Balaban J connectivity index is 1.55. The number of piperazine rings is 1. The van der Waals surface area contributed by atoms with Crippen molar-refractivity contribution in [3.05, 3.63) is 28.7 Å². The quantitative estimate of drug-likeness (QED) is 0.783. The topological polar surface area (TPSA) is 67.9 Å². The van der Waals surface area contributed by atoms with Crippen LogP contribution < -0.4 is 10.7 Å². The zero-order chi connectivity index (χ0) is 18.7. The molecule has 7 heteroatoms. The smallest absolute Gasteiger partial charge is 0.419 e.